The molecule has 86 valence electrons. The number of anilines is 1. The Bertz CT molecular complexity index is 353. The summed E-state index contributed by atoms with van der Waals surface area (Å²) in [4.78, 5) is 4.09. The Balaban J connectivity index is 1.64. The lowest BCUT2D eigenvalue weighted by molar-refractivity contribution is 0.378. The average Bonchev–Trinajstić information content (AvgIpc) is 2.62. The summed E-state index contributed by atoms with van der Waals surface area (Å²) in [5.74, 6) is 0. The van der Waals surface area contributed by atoms with Crippen LogP contribution in [-0.4, -0.2) is 23.1 Å². The van der Waals surface area contributed by atoms with Crippen LogP contribution in [0.25, 0.3) is 0 Å². The highest BCUT2D eigenvalue weighted by molar-refractivity contribution is 6.29. The number of halogens is 1. The molecule has 1 aromatic rings. The van der Waals surface area contributed by atoms with Crippen molar-refractivity contribution in [3.05, 3.63) is 23.5 Å². The number of nitrogens with zero attached hydrogens (tertiary/aromatic N) is 1. The van der Waals surface area contributed by atoms with Crippen molar-refractivity contribution in [3.8, 4) is 0 Å². The fraction of sp³-hybridized carbons (Fsp3) is 0.583. The molecule has 3 heterocycles. The molecule has 0 radical (unpaired) electrons. The molecule has 2 N–H and O–H groups in total. The molecule has 3 nitrogen and oxygen atoms in total. The fourth-order valence-electron chi connectivity index (χ4n) is 2.87. The summed E-state index contributed by atoms with van der Waals surface area (Å²) in [6.07, 6.45) is 6.92. The van der Waals surface area contributed by atoms with E-state index in [-0.39, 0.29) is 0 Å². The van der Waals surface area contributed by atoms with Crippen molar-refractivity contribution < 1.29 is 0 Å². The molecule has 2 fully saturated rings. The van der Waals surface area contributed by atoms with Crippen LogP contribution >= 0.6 is 11.6 Å². The predicted molar refractivity (Wildman–Crippen MR) is 65.8 cm³/mol. The normalized spacial score (nSPS) is 32.7. The molecule has 16 heavy (non-hydrogen) atoms. The monoisotopic (exact) mass is 237 g/mol. The van der Waals surface area contributed by atoms with Crippen molar-refractivity contribution in [3.63, 3.8) is 0 Å². The molecule has 0 aromatic carbocycles. The standard InChI is InChI=1S/C12H16ClN3/c13-12-4-3-10(7-14-12)16-11-5-8-1-2-9(6-11)15-8/h3-4,7-9,11,15-16H,1-2,5-6H2. The summed E-state index contributed by atoms with van der Waals surface area (Å²) in [7, 11) is 0. The first-order valence-electron chi connectivity index (χ1n) is 5.94. The summed E-state index contributed by atoms with van der Waals surface area (Å²) in [6, 6.07) is 5.86. The van der Waals surface area contributed by atoms with Gasteiger partial charge < -0.3 is 10.6 Å². The lowest BCUT2D eigenvalue weighted by atomic mass is 10.00. The van der Waals surface area contributed by atoms with E-state index < -0.39 is 0 Å². The molecule has 0 aliphatic carbocycles. The Kier molecular flexibility index (Phi) is 2.74. The van der Waals surface area contributed by atoms with E-state index >= 15 is 0 Å². The first-order valence-corrected chi connectivity index (χ1v) is 6.31. The van der Waals surface area contributed by atoms with Gasteiger partial charge in [-0.05, 0) is 37.8 Å². The topological polar surface area (TPSA) is 37.0 Å². The van der Waals surface area contributed by atoms with E-state index in [0.29, 0.717) is 11.2 Å². The van der Waals surface area contributed by atoms with Crippen LogP contribution in [0.3, 0.4) is 0 Å². The van der Waals surface area contributed by atoms with Crippen molar-refractivity contribution >= 4 is 17.3 Å². The van der Waals surface area contributed by atoms with Gasteiger partial charge in [-0.15, -0.1) is 0 Å². The second-order valence-corrected chi connectivity index (χ2v) is 5.21. The number of pyridine rings is 1. The van der Waals surface area contributed by atoms with E-state index in [1.54, 1.807) is 0 Å². The van der Waals surface area contributed by atoms with Crippen molar-refractivity contribution in [1.29, 1.82) is 0 Å². The molecule has 0 spiro atoms. The second-order valence-electron chi connectivity index (χ2n) is 4.82. The Morgan fingerprint density at radius 1 is 1.25 bits per heavy atom. The van der Waals surface area contributed by atoms with Crippen LogP contribution in [0, 0.1) is 0 Å². The van der Waals surface area contributed by atoms with E-state index in [1.165, 1.54) is 25.7 Å². The minimum absolute atomic E-state index is 0.552. The Hall–Kier alpha value is -0.800. The van der Waals surface area contributed by atoms with Gasteiger partial charge in [0.15, 0.2) is 0 Å². The lowest BCUT2D eigenvalue weighted by Gasteiger charge is -2.30. The number of fused-ring (bicyclic) bond motifs is 2. The SMILES string of the molecule is Clc1ccc(NC2CC3CCC(C2)N3)cn1. The molecule has 2 aliphatic rings. The van der Waals surface area contributed by atoms with Gasteiger partial charge in [-0.1, -0.05) is 11.6 Å². The highest BCUT2D eigenvalue weighted by Crippen LogP contribution is 2.28. The number of hydrogen-bond acceptors (Lipinski definition) is 3. The third-order valence-corrected chi connectivity index (χ3v) is 3.79. The van der Waals surface area contributed by atoms with Crippen LogP contribution in [0.2, 0.25) is 5.15 Å². The molecule has 4 heteroatoms. The van der Waals surface area contributed by atoms with Gasteiger partial charge in [0.25, 0.3) is 0 Å². The largest absolute Gasteiger partial charge is 0.381 e. The van der Waals surface area contributed by atoms with Crippen molar-refractivity contribution in [2.45, 2.75) is 43.8 Å². The Morgan fingerprint density at radius 3 is 2.62 bits per heavy atom. The van der Waals surface area contributed by atoms with Crippen molar-refractivity contribution in [2.75, 3.05) is 5.32 Å². The number of nitrogens with one attached hydrogen (secondary N) is 2. The molecular formula is C12H16ClN3. The molecular weight excluding hydrogens is 222 g/mol. The van der Waals surface area contributed by atoms with E-state index in [0.717, 1.165) is 17.8 Å². The smallest absolute Gasteiger partial charge is 0.129 e. The lowest BCUT2D eigenvalue weighted by Crippen LogP contribution is -2.43. The zero-order chi connectivity index (χ0) is 11.0. The zero-order valence-corrected chi connectivity index (χ0v) is 9.87. The van der Waals surface area contributed by atoms with Crippen molar-refractivity contribution in [2.24, 2.45) is 0 Å². The summed E-state index contributed by atoms with van der Waals surface area (Å²) in [6.45, 7) is 0. The number of hydrogen-bond donors (Lipinski definition) is 2. The van der Waals surface area contributed by atoms with E-state index in [4.69, 9.17) is 11.6 Å². The van der Waals surface area contributed by atoms with Gasteiger partial charge in [0.1, 0.15) is 5.15 Å². The van der Waals surface area contributed by atoms with Gasteiger partial charge in [0.05, 0.1) is 11.9 Å². The molecule has 3 rings (SSSR count). The number of rotatable bonds is 2. The summed E-state index contributed by atoms with van der Waals surface area (Å²) < 4.78 is 0. The predicted octanol–water partition coefficient (Wildman–Crippen LogP) is 2.43. The summed E-state index contributed by atoms with van der Waals surface area (Å²) in [5, 5.41) is 7.74. The maximum Gasteiger partial charge on any atom is 0.129 e. The van der Waals surface area contributed by atoms with Crippen LogP contribution < -0.4 is 10.6 Å². The van der Waals surface area contributed by atoms with Gasteiger partial charge in [0, 0.05) is 18.1 Å². The molecule has 2 saturated heterocycles. The number of aromatic nitrogens is 1. The maximum absolute atomic E-state index is 5.76. The first kappa shape index (κ1) is 10.4. The zero-order valence-electron chi connectivity index (χ0n) is 9.12. The van der Waals surface area contributed by atoms with E-state index in [2.05, 4.69) is 15.6 Å². The first-order chi connectivity index (χ1) is 7.79. The molecule has 0 saturated carbocycles. The second kappa shape index (κ2) is 4.22. The van der Waals surface area contributed by atoms with Gasteiger partial charge >= 0.3 is 0 Å². The van der Waals surface area contributed by atoms with Gasteiger partial charge in [0.2, 0.25) is 0 Å². The molecule has 2 aliphatic heterocycles. The van der Waals surface area contributed by atoms with Gasteiger partial charge in [-0.3, -0.25) is 0 Å². The summed E-state index contributed by atoms with van der Waals surface area (Å²) in [5.41, 5.74) is 1.08. The van der Waals surface area contributed by atoms with E-state index in [9.17, 15) is 0 Å². The van der Waals surface area contributed by atoms with Crippen LogP contribution in [0.15, 0.2) is 18.3 Å². The average molecular weight is 238 g/mol. The molecule has 2 bridgehead atoms. The third-order valence-electron chi connectivity index (χ3n) is 3.57. The maximum atomic E-state index is 5.76. The Labute approximate surface area is 101 Å². The van der Waals surface area contributed by atoms with Crippen LogP contribution in [0.5, 0.6) is 0 Å². The Morgan fingerprint density at radius 2 is 2.00 bits per heavy atom. The molecule has 1 aromatic heterocycles. The number of piperidine rings is 1. The van der Waals surface area contributed by atoms with E-state index in [1.807, 2.05) is 18.3 Å². The van der Waals surface area contributed by atoms with Crippen LogP contribution in [0.4, 0.5) is 5.69 Å². The fourth-order valence-corrected chi connectivity index (χ4v) is 2.98. The summed E-state index contributed by atoms with van der Waals surface area (Å²) >= 11 is 5.76. The van der Waals surface area contributed by atoms with Crippen molar-refractivity contribution in [1.82, 2.24) is 10.3 Å². The minimum atomic E-state index is 0.552. The van der Waals surface area contributed by atoms with Gasteiger partial charge in [-0.2, -0.15) is 0 Å². The van der Waals surface area contributed by atoms with Crippen LogP contribution in [-0.2, 0) is 0 Å². The quantitative estimate of drug-likeness (QED) is 0.776. The highest BCUT2D eigenvalue weighted by atomic mass is 35.5. The third kappa shape index (κ3) is 2.15. The minimum Gasteiger partial charge on any atom is -0.381 e. The highest BCUT2D eigenvalue weighted by Gasteiger charge is 2.33. The van der Waals surface area contributed by atoms with Crippen LogP contribution in [0.1, 0.15) is 25.7 Å². The molecule has 2 unspecified atom stereocenters. The molecule has 0 amide bonds. The molecule has 2 atom stereocenters. The van der Waals surface area contributed by atoms with Gasteiger partial charge in [-0.25, -0.2) is 4.98 Å².